The standard InChI is InChI=1S/C12H9ClN2O3/c1-7-2-4-9(12(17)18-7)15-11(16)8-3-5-10(13)14-6-8/h2-6H,1H3,(H,15,16). The first-order valence-corrected chi connectivity index (χ1v) is 5.48. The summed E-state index contributed by atoms with van der Waals surface area (Å²) in [6, 6.07) is 6.09. The summed E-state index contributed by atoms with van der Waals surface area (Å²) in [7, 11) is 0. The number of rotatable bonds is 2. The Kier molecular flexibility index (Phi) is 3.43. The number of carbonyl (C=O) groups excluding carboxylic acids is 1. The minimum atomic E-state index is -0.592. The molecule has 0 atom stereocenters. The molecule has 0 spiro atoms. The van der Waals surface area contributed by atoms with Gasteiger partial charge in [0.15, 0.2) is 0 Å². The van der Waals surface area contributed by atoms with Gasteiger partial charge in [0.25, 0.3) is 5.91 Å². The molecule has 0 fully saturated rings. The summed E-state index contributed by atoms with van der Waals surface area (Å²) in [4.78, 5) is 27.0. The molecule has 1 amide bonds. The maximum Gasteiger partial charge on any atom is 0.359 e. The summed E-state index contributed by atoms with van der Waals surface area (Å²) in [5.74, 6) is 0.0291. The maximum atomic E-state index is 11.8. The molecule has 2 heterocycles. The fraction of sp³-hybridized carbons (Fsp3) is 0.0833. The highest BCUT2D eigenvalue weighted by Gasteiger charge is 2.09. The number of nitrogens with one attached hydrogen (secondary N) is 1. The SMILES string of the molecule is Cc1ccc(NC(=O)c2ccc(Cl)nc2)c(=O)o1. The Balaban J connectivity index is 2.21. The Bertz CT molecular complexity index is 635. The van der Waals surface area contributed by atoms with E-state index in [2.05, 4.69) is 10.3 Å². The molecule has 0 aliphatic rings. The van der Waals surface area contributed by atoms with Crippen molar-refractivity contribution < 1.29 is 9.21 Å². The van der Waals surface area contributed by atoms with Gasteiger partial charge in [-0.3, -0.25) is 4.79 Å². The highest BCUT2D eigenvalue weighted by atomic mass is 35.5. The maximum absolute atomic E-state index is 11.8. The fourth-order valence-corrected chi connectivity index (χ4v) is 1.41. The second-order valence-electron chi connectivity index (χ2n) is 3.57. The lowest BCUT2D eigenvalue weighted by atomic mass is 10.2. The van der Waals surface area contributed by atoms with Gasteiger partial charge in [-0.2, -0.15) is 0 Å². The first-order chi connectivity index (χ1) is 8.56. The van der Waals surface area contributed by atoms with Crippen LogP contribution in [0.25, 0.3) is 0 Å². The molecule has 2 rings (SSSR count). The first kappa shape index (κ1) is 12.3. The van der Waals surface area contributed by atoms with Crippen molar-refractivity contribution in [2.45, 2.75) is 6.92 Å². The van der Waals surface area contributed by atoms with Crippen LogP contribution in [0.2, 0.25) is 5.15 Å². The molecular weight excluding hydrogens is 256 g/mol. The Morgan fingerprint density at radius 1 is 1.33 bits per heavy atom. The Labute approximate surface area is 107 Å². The third kappa shape index (κ3) is 2.75. The highest BCUT2D eigenvalue weighted by molar-refractivity contribution is 6.29. The molecule has 18 heavy (non-hydrogen) atoms. The molecule has 1 N–H and O–H groups in total. The number of halogens is 1. The third-order valence-corrected chi connectivity index (χ3v) is 2.42. The molecule has 92 valence electrons. The van der Waals surface area contributed by atoms with E-state index in [0.717, 1.165) is 0 Å². The van der Waals surface area contributed by atoms with Gasteiger partial charge in [-0.1, -0.05) is 11.6 Å². The summed E-state index contributed by atoms with van der Waals surface area (Å²) in [6.45, 7) is 1.65. The molecule has 0 saturated heterocycles. The number of nitrogens with zero attached hydrogens (tertiary/aromatic N) is 1. The number of aryl methyl sites for hydroxylation is 1. The molecule has 0 saturated carbocycles. The van der Waals surface area contributed by atoms with Gasteiger partial charge in [0.1, 0.15) is 16.6 Å². The zero-order valence-corrected chi connectivity index (χ0v) is 10.2. The fourth-order valence-electron chi connectivity index (χ4n) is 1.30. The zero-order valence-electron chi connectivity index (χ0n) is 9.44. The molecule has 6 heteroatoms. The number of aromatic nitrogens is 1. The second-order valence-corrected chi connectivity index (χ2v) is 3.96. The molecular formula is C12H9ClN2O3. The molecule has 2 aromatic rings. The van der Waals surface area contributed by atoms with Crippen LogP contribution in [-0.4, -0.2) is 10.9 Å². The van der Waals surface area contributed by atoms with Crippen LogP contribution in [0.15, 0.2) is 39.7 Å². The summed E-state index contributed by atoms with van der Waals surface area (Å²) >= 11 is 5.61. The predicted molar refractivity (Wildman–Crippen MR) is 66.9 cm³/mol. The van der Waals surface area contributed by atoms with Crippen molar-refractivity contribution >= 4 is 23.2 Å². The van der Waals surface area contributed by atoms with Crippen molar-refractivity contribution in [1.29, 1.82) is 0 Å². The van der Waals surface area contributed by atoms with Gasteiger partial charge in [-0.15, -0.1) is 0 Å². The van der Waals surface area contributed by atoms with Crippen LogP contribution in [0.3, 0.4) is 0 Å². The van der Waals surface area contributed by atoms with Crippen molar-refractivity contribution in [3.05, 3.63) is 57.4 Å². The molecule has 0 unspecified atom stereocenters. The van der Waals surface area contributed by atoms with E-state index in [1.807, 2.05) is 0 Å². The molecule has 0 aliphatic carbocycles. The molecule has 0 bridgehead atoms. The van der Waals surface area contributed by atoms with E-state index in [0.29, 0.717) is 16.5 Å². The lowest BCUT2D eigenvalue weighted by Gasteiger charge is -2.03. The summed E-state index contributed by atoms with van der Waals surface area (Å²) < 4.78 is 4.86. The molecule has 5 nitrogen and oxygen atoms in total. The van der Waals surface area contributed by atoms with Crippen molar-refractivity contribution in [2.24, 2.45) is 0 Å². The van der Waals surface area contributed by atoms with Crippen LogP contribution in [-0.2, 0) is 0 Å². The molecule has 0 radical (unpaired) electrons. The average Bonchev–Trinajstić information content (AvgIpc) is 2.33. The minimum absolute atomic E-state index is 0.0838. The molecule has 2 aromatic heterocycles. The Morgan fingerprint density at radius 2 is 2.11 bits per heavy atom. The predicted octanol–water partition coefficient (Wildman–Crippen LogP) is 2.25. The van der Waals surface area contributed by atoms with Gasteiger partial charge < -0.3 is 9.73 Å². The normalized spacial score (nSPS) is 10.1. The highest BCUT2D eigenvalue weighted by Crippen LogP contribution is 2.08. The van der Waals surface area contributed by atoms with Crippen molar-refractivity contribution in [2.75, 3.05) is 5.32 Å². The Morgan fingerprint density at radius 3 is 2.72 bits per heavy atom. The lowest BCUT2D eigenvalue weighted by Crippen LogP contribution is -2.18. The van der Waals surface area contributed by atoms with E-state index in [1.54, 1.807) is 13.0 Å². The van der Waals surface area contributed by atoms with Gasteiger partial charge in [-0.05, 0) is 31.2 Å². The molecule has 0 aromatic carbocycles. The van der Waals surface area contributed by atoms with E-state index in [9.17, 15) is 9.59 Å². The number of carbonyl (C=O) groups is 1. The topological polar surface area (TPSA) is 72.2 Å². The number of hydrogen-bond acceptors (Lipinski definition) is 4. The van der Waals surface area contributed by atoms with E-state index in [1.165, 1.54) is 24.4 Å². The summed E-state index contributed by atoms with van der Waals surface area (Å²) in [5, 5.41) is 2.74. The monoisotopic (exact) mass is 264 g/mol. The van der Waals surface area contributed by atoms with Crippen LogP contribution in [0.4, 0.5) is 5.69 Å². The quantitative estimate of drug-likeness (QED) is 0.845. The van der Waals surface area contributed by atoms with Gasteiger partial charge in [-0.25, -0.2) is 9.78 Å². The van der Waals surface area contributed by atoms with Crippen LogP contribution in [0.5, 0.6) is 0 Å². The van der Waals surface area contributed by atoms with E-state index in [-0.39, 0.29) is 5.69 Å². The lowest BCUT2D eigenvalue weighted by molar-refractivity contribution is 0.102. The van der Waals surface area contributed by atoms with Crippen LogP contribution in [0, 0.1) is 6.92 Å². The van der Waals surface area contributed by atoms with Gasteiger partial charge >= 0.3 is 5.63 Å². The van der Waals surface area contributed by atoms with E-state index in [4.69, 9.17) is 16.0 Å². The van der Waals surface area contributed by atoms with Crippen molar-refractivity contribution in [3.63, 3.8) is 0 Å². The van der Waals surface area contributed by atoms with E-state index >= 15 is 0 Å². The number of amides is 1. The first-order valence-electron chi connectivity index (χ1n) is 5.10. The van der Waals surface area contributed by atoms with Crippen molar-refractivity contribution in [1.82, 2.24) is 4.98 Å². The van der Waals surface area contributed by atoms with Crippen LogP contribution < -0.4 is 10.9 Å². The number of pyridine rings is 1. The minimum Gasteiger partial charge on any atom is -0.427 e. The van der Waals surface area contributed by atoms with Gasteiger partial charge in [0.2, 0.25) is 0 Å². The van der Waals surface area contributed by atoms with Crippen LogP contribution in [0.1, 0.15) is 16.1 Å². The smallest absolute Gasteiger partial charge is 0.359 e. The zero-order chi connectivity index (χ0) is 13.1. The van der Waals surface area contributed by atoms with E-state index < -0.39 is 11.5 Å². The van der Waals surface area contributed by atoms with Gasteiger partial charge in [0.05, 0.1) is 5.56 Å². The van der Waals surface area contributed by atoms with Gasteiger partial charge in [0, 0.05) is 6.20 Å². The average molecular weight is 265 g/mol. The molecule has 0 aliphatic heterocycles. The van der Waals surface area contributed by atoms with Crippen LogP contribution >= 0.6 is 11.6 Å². The largest absolute Gasteiger partial charge is 0.427 e. The summed E-state index contributed by atoms with van der Waals surface area (Å²) in [5.41, 5.74) is -0.204. The summed E-state index contributed by atoms with van der Waals surface area (Å²) in [6.07, 6.45) is 1.33. The number of anilines is 1. The van der Waals surface area contributed by atoms with Crippen molar-refractivity contribution in [3.8, 4) is 0 Å². The second kappa shape index (κ2) is 5.01. The third-order valence-electron chi connectivity index (χ3n) is 2.20. The number of hydrogen-bond donors (Lipinski definition) is 1. The Hall–Kier alpha value is -2.14.